The van der Waals surface area contributed by atoms with Gasteiger partial charge >= 0.3 is 0 Å². The minimum absolute atomic E-state index is 0.233. The van der Waals surface area contributed by atoms with Gasteiger partial charge in [0.2, 0.25) is 11.6 Å². The molecule has 4 rings (SSSR count). The first-order chi connectivity index (χ1) is 11.7. The lowest BCUT2D eigenvalue weighted by Gasteiger charge is -2.37. The third-order valence-corrected chi connectivity index (χ3v) is 6.57. The highest BCUT2D eigenvalue weighted by molar-refractivity contribution is 6.24. The van der Waals surface area contributed by atoms with Gasteiger partial charge in [-0.3, -0.25) is 9.59 Å². The van der Waals surface area contributed by atoms with E-state index >= 15 is 0 Å². The standard InChI is InChI=1S/C21H26O4/c1-19(2,3)14-10-8-13(9-11-14)12-20-17(22)15-6-4-5-7-16(15)18(23)21(20,24)25-20/h4-7,13-14,24H,8-12H2,1-3H3/t13?,14?,20-,21-/m1/s1. The summed E-state index contributed by atoms with van der Waals surface area (Å²) < 4.78 is 5.51. The van der Waals surface area contributed by atoms with Gasteiger partial charge in [-0.25, -0.2) is 0 Å². The number of ketones is 2. The molecule has 1 N–H and O–H groups in total. The van der Waals surface area contributed by atoms with Crippen LogP contribution in [0.1, 0.15) is 73.6 Å². The topological polar surface area (TPSA) is 66.9 Å². The molecule has 0 spiro atoms. The molecule has 1 aromatic carbocycles. The largest absolute Gasteiger partial charge is 0.357 e. The van der Waals surface area contributed by atoms with Gasteiger partial charge in [-0.1, -0.05) is 57.9 Å². The molecule has 2 fully saturated rings. The van der Waals surface area contributed by atoms with Crippen molar-refractivity contribution >= 4 is 11.6 Å². The Labute approximate surface area is 148 Å². The van der Waals surface area contributed by atoms with Gasteiger partial charge in [-0.05, 0) is 36.5 Å². The lowest BCUT2D eigenvalue weighted by Crippen LogP contribution is -2.46. The summed E-state index contributed by atoms with van der Waals surface area (Å²) in [7, 11) is 0. The second kappa shape index (κ2) is 5.24. The first-order valence-corrected chi connectivity index (χ1v) is 9.30. The Bertz CT molecular complexity index is 739. The first kappa shape index (κ1) is 16.9. The number of Topliss-reactive ketones (excluding diaryl/α,β-unsaturated/α-hetero) is 2. The summed E-state index contributed by atoms with van der Waals surface area (Å²) in [5, 5.41) is 10.7. The van der Waals surface area contributed by atoms with E-state index in [1.807, 2.05) is 0 Å². The SMILES string of the molecule is CC(C)(C)C1CCC(C[C@]23O[C@]2(O)C(=O)c2ccccc2C3=O)CC1. The number of epoxide rings is 1. The van der Waals surface area contributed by atoms with Crippen LogP contribution in [-0.2, 0) is 4.74 Å². The molecule has 3 aliphatic rings. The fourth-order valence-electron chi connectivity index (χ4n) is 4.85. The predicted octanol–water partition coefficient (Wildman–Crippen LogP) is 3.77. The number of aliphatic hydroxyl groups is 1. The number of benzene rings is 1. The Morgan fingerprint density at radius 3 is 2.16 bits per heavy atom. The number of ether oxygens (including phenoxy) is 1. The second-order valence-corrected chi connectivity index (χ2v) is 9.06. The fraction of sp³-hybridized carbons (Fsp3) is 0.619. The van der Waals surface area contributed by atoms with Crippen molar-refractivity contribution in [1.29, 1.82) is 0 Å². The van der Waals surface area contributed by atoms with Crippen molar-refractivity contribution in [3.05, 3.63) is 35.4 Å². The van der Waals surface area contributed by atoms with Crippen LogP contribution in [0.15, 0.2) is 24.3 Å². The lowest BCUT2D eigenvalue weighted by molar-refractivity contribution is 0.0292. The number of hydrogen-bond donors (Lipinski definition) is 1. The molecule has 0 unspecified atom stereocenters. The van der Waals surface area contributed by atoms with Crippen LogP contribution in [0.5, 0.6) is 0 Å². The molecule has 4 nitrogen and oxygen atoms in total. The number of rotatable bonds is 2. The molecular formula is C21H26O4. The molecule has 2 aliphatic carbocycles. The molecule has 134 valence electrons. The van der Waals surface area contributed by atoms with Crippen LogP contribution in [0.2, 0.25) is 0 Å². The Morgan fingerprint density at radius 1 is 1.04 bits per heavy atom. The molecule has 4 heteroatoms. The molecule has 0 bridgehead atoms. The monoisotopic (exact) mass is 342 g/mol. The molecule has 1 aliphatic heterocycles. The fourth-order valence-corrected chi connectivity index (χ4v) is 4.85. The zero-order chi connectivity index (χ0) is 18.0. The molecule has 1 heterocycles. The summed E-state index contributed by atoms with van der Waals surface area (Å²) in [4.78, 5) is 25.6. The summed E-state index contributed by atoms with van der Waals surface area (Å²) in [6, 6.07) is 6.71. The summed E-state index contributed by atoms with van der Waals surface area (Å²) >= 11 is 0. The maximum atomic E-state index is 13.0. The van der Waals surface area contributed by atoms with E-state index in [9.17, 15) is 14.7 Å². The molecule has 0 aromatic heterocycles. The molecule has 1 saturated carbocycles. The van der Waals surface area contributed by atoms with Crippen LogP contribution in [0.25, 0.3) is 0 Å². The minimum atomic E-state index is -1.95. The van der Waals surface area contributed by atoms with Crippen molar-refractivity contribution in [2.24, 2.45) is 17.3 Å². The van der Waals surface area contributed by atoms with Gasteiger partial charge in [0, 0.05) is 11.1 Å². The summed E-state index contributed by atoms with van der Waals surface area (Å²) in [5.41, 5.74) is -0.384. The van der Waals surface area contributed by atoms with Gasteiger partial charge in [-0.2, -0.15) is 0 Å². The lowest BCUT2D eigenvalue weighted by atomic mass is 9.67. The molecular weight excluding hydrogens is 316 g/mol. The molecule has 25 heavy (non-hydrogen) atoms. The molecule has 0 radical (unpaired) electrons. The number of hydrogen-bond acceptors (Lipinski definition) is 4. The Morgan fingerprint density at radius 2 is 1.60 bits per heavy atom. The van der Waals surface area contributed by atoms with Crippen molar-refractivity contribution in [2.75, 3.05) is 0 Å². The van der Waals surface area contributed by atoms with Gasteiger partial charge in [0.25, 0.3) is 5.79 Å². The highest BCUT2D eigenvalue weighted by Gasteiger charge is 2.81. The highest BCUT2D eigenvalue weighted by Crippen LogP contribution is 2.58. The van der Waals surface area contributed by atoms with E-state index in [0.29, 0.717) is 29.2 Å². The minimum Gasteiger partial charge on any atom is -0.357 e. The highest BCUT2D eigenvalue weighted by atomic mass is 16.8. The first-order valence-electron chi connectivity index (χ1n) is 9.30. The number of fused-ring (bicyclic) bond motifs is 2. The average molecular weight is 342 g/mol. The molecule has 2 atom stereocenters. The van der Waals surface area contributed by atoms with Crippen LogP contribution >= 0.6 is 0 Å². The second-order valence-electron chi connectivity index (χ2n) is 9.06. The quantitative estimate of drug-likeness (QED) is 0.831. The van der Waals surface area contributed by atoms with Crippen molar-refractivity contribution in [3.63, 3.8) is 0 Å². The van der Waals surface area contributed by atoms with Crippen LogP contribution in [-0.4, -0.2) is 28.1 Å². The van der Waals surface area contributed by atoms with Crippen LogP contribution < -0.4 is 0 Å². The van der Waals surface area contributed by atoms with E-state index in [1.54, 1.807) is 24.3 Å². The maximum absolute atomic E-state index is 13.0. The third-order valence-electron chi connectivity index (χ3n) is 6.57. The van der Waals surface area contributed by atoms with Crippen LogP contribution in [0.3, 0.4) is 0 Å². The van der Waals surface area contributed by atoms with Crippen LogP contribution in [0, 0.1) is 17.3 Å². The van der Waals surface area contributed by atoms with Crippen molar-refractivity contribution in [2.45, 2.75) is 64.3 Å². The van der Waals surface area contributed by atoms with Crippen LogP contribution in [0.4, 0.5) is 0 Å². The van der Waals surface area contributed by atoms with E-state index in [-0.39, 0.29) is 11.3 Å². The number of carbonyl (C=O) groups is 2. The third kappa shape index (κ3) is 2.34. The van der Waals surface area contributed by atoms with Gasteiger partial charge in [-0.15, -0.1) is 0 Å². The predicted molar refractivity (Wildman–Crippen MR) is 93.4 cm³/mol. The summed E-state index contributed by atoms with van der Waals surface area (Å²) in [5.74, 6) is -1.65. The average Bonchev–Trinajstić information content (AvgIpc) is 3.20. The van der Waals surface area contributed by atoms with Gasteiger partial charge in [0.15, 0.2) is 5.60 Å². The van der Waals surface area contributed by atoms with E-state index < -0.39 is 17.2 Å². The summed E-state index contributed by atoms with van der Waals surface area (Å²) in [6.45, 7) is 6.83. The van der Waals surface area contributed by atoms with E-state index in [1.165, 1.54) is 0 Å². The van der Waals surface area contributed by atoms with E-state index in [4.69, 9.17) is 4.74 Å². The zero-order valence-corrected chi connectivity index (χ0v) is 15.2. The normalized spacial score (nSPS) is 37.4. The van der Waals surface area contributed by atoms with Gasteiger partial charge in [0.05, 0.1) is 0 Å². The number of carbonyl (C=O) groups excluding carboxylic acids is 2. The van der Waals surface area contributed by atoms with Crippen molar-refractivity contribution in [1.82, 2.24) is 0 Å². The van der Waals surface area contributed by atoms with Gasteiger partial charge in [0.1, 0.15) is 0 Å². The smallest absolute Gasteiger partial charge is 0.270 e. The molecule has 0 amide bonds. The Hall–Kier alpha value is -1.52. The van der Waals surface area contributed by atoms with Crippen molar-refractivity contribution in [3.8, 4) is 0 Å². The zero-order valence-electron chi connectivity index (χ0n) is 15.2. The van der Waals surface area contributed by atoms with E-state index in [2.05, 4.69) is 20.8 Å². The molecule has 1 aromatic rings. The van der Waals surface area contributed by atoms with Crippen molar-refractivity contribution < 1.29 is 19.4 Å². The molecule has 1 saturated heterocycles. The Kier molecular flexibility index (Phi) is 3.55. The van der Waals surface area contributed by atoms with E-state index in [0.717, 1.165) is 25.7 Å². The Balaban J connectivity index is 1.55. The van der Waals surface area contributed by atoms with Gasteiger partial charge < -0.3 is 9.84 Å². The maximum Gasteiger partial charge on any atom is 0.270 e. The summed E-state index contributed by atoms with van der Waals surface area (Å²) in [6.07, 6.45) is 4.74.